The minimum atomic E-state index is 0.767. The molecule has 0 saturated heterocycles. The summed E-state index contributed by atoms with van der Waals surface area (Å²) in [6.45, 7) is 3.78. The molecule has 1 fully saturated rings. The maximum absolute atomic E-state index is 4.99. The highest BCUT2D eigenvalue weighted by atomic mass is 16.6. The van der Waals surface area contributed by atoms with E-state index in [1.165, 1.54) is 25.7 Å². The van der Waals surface area contributed by atoms with Gasteiger partial charge in [-0.2, -0.15) is 0 Å². The van der Waals surface area contributed by atoms with Gasteiger partial charge in [-0.15, -0.1) is 0 Å². The lowest BCUT2D eigenvalue weighted by atomic mass is 10.2. The summed E-state index contributed by atoms with van der Waals surface area (Å²) >= 11 is 0. The van der Waals surface area contributed by atoms with Crippen LogP contribution in [0.4, 0.5) is 0 Å². The summed E-state index contributed by atoms with van der Waals surface area (Å²) in [5.41, 5.74) is 2.92. The normalized spacial score (nSPS) is 17.7. The van der Waals surface area contributed by atoms with E-state index in [-0.39, 0.29) is 0 Å². The Bertz CT molecular complexity index is 81.3. The van der Waals surface area contributed by atoms with Gasteiger partial charge < -0.3 is 4.84 Å². The Kier molecular flexibility index (Phi) is 3.76. The van der Waals surface area contributed by atoms with Crippen molar-refractivity contribution in [3.8, 4) is 0 Å². The molecule has 1 rings (SSSR count). The third kappa shape index (κ3) is 3.85. The summed E-state index contributed by atoms with van der Waals surface area (Å²) in [6.07, 6.45) is 5.59. The molecule has 1 N–H and O–H groups in total. The van der Waals surface area contributed by atoms with Crippen LogP contribution in [0.2, 0.25) is 0 Å². The van der Waals surface area contributed by atoms with Crippen molar-refractivity contribution >= 4 is 0 Å². The fourth-order valence-electron chi connectivity index (χ4n) is 1.04. The minimum absolute atomic E-state index is 0.767. The molecule has 0 bridgehead atoms. The second-order valence-electron chi connectivity index (χ2n) is 2.91. The van der Waals surface area contributed by atoms with Gasteiger partial charge in [0.25, 0.3) is 0 Å². The van der Waals surface area contributed by atoms with Crippen molar-refractivity contribution < 1.29 is 4.84 Å². The highest BCUT2D eigenvalue weighted by Gasteiger charge is 2.19. The van der Waals surface area contributed by atoms with E-state index in [9.17, 15) is 0 Å². The van der Waals surface area contributed by atoms with Gasteiger partial charge in [0, 0.05) is 6.54 Å². The molecule has 0 aromatic heterocycles. The van der Waals surface area contributed by atoms with E-state index >= 15 is 0 Å². The van der Waals surface area contributed by atoms with E-state index in [1.807, 2.05) is 6.92 Å². The predicted octanol–water partition coefficient (Wildman–Crippen LogP) is 1.72. The van der Waals surface area contributed by atoms with Crippen LogP contribution < -0.4 is 5.48 Å². The largest absolute Gasteiger partial charge is 0.302 e. The molecule has 0 heterocycles. The first kappa shape index (κ1) is 8.02. The highest BCUT2D eigenvalue weighted by Crippen LogP contribution is 2.33. The smallest absolute Gasteiger partial charge is 0.0653 e. The van der Waals surface area contributed by atoms with Gasteiger partial charge in [0.2, 0.25) is 0 Å². The van der Waals surface area contributed by atoms with Crippen LogP contribution in [0.15, 0.2) is 0 Å². The standard InChI is InChI=1S/C8H17NO/c1-2-10-9-7-3-4-8-5-6-8/h8-9H,2-7H2,1H3. The van der Waals surface area contributed by atoms with Gasteiger partial charge in [-0.1, -0.05) is 12.8 Å². The Labute approximate surface area is 62.9 Å². The molecule has 0 spiro atoms. The van der Waals surface area contributed by atoms with Crippen molar-refractivity contribution in [2.45, 2.75) is 32.6 Å². The van der Waals surface area contributed by atoms with Gasteiger partial charge in [-0.3, -0.25) is 0 Å². The molecule has 10 heavy (non-hydrogen) atoms. The lowest BCUT2D eigenvalue weighted by molar-refractivity contribution is 0.0499. The number of nitrogens with one attached hydrogen (secondary N) is 1. The molecule has 2 nitrogen and oxygen atoms in total. The van der Waals surface area contributed by atoms with Crippen molar-refractivity contribution in [2.75, 3.05) is 13.2 Å². The SMILES string of the molecule is CCONCCCC1CC1. The average Bonchev–Trinajstić information content (AvgIpc) is 2.71. The first-order valence-corrected chi connectivity index (χ1v) is 4.28. The van der Waals surface area contributed by atoms with Crippen LogP contribution in [0.1, 0.15) is 32.6 Å². The molecule has 0 aliphatic heterocycles. The van der Waals surface area contributed by atoms with E-state index in [1.54, 1.807) is 0 Å². The van der Waals surface area contributed by atoms with Crippen LogP contribution in [0.25, 0.3) is 0 Å². The zero-order valence-electron chi connectivity index (χ0n) is 6.73. The molecular weight excluding hydrogens is 126 g/mol. The summed E-state index contributed by atoms with van der Waals surface area (Å²) in [4.78, 5) is 4.99. The van der Waals surface area contributed by atoms with Gasteiger partial charge in [0.15, 0.2) is 0 Å². The second kappa shape index (κ2) is 4.69. The predicted molar refractivity (Wildman–Crippen MR) is 41.6 cm³/mol. The van der Waals surface area contributed by atoms with E-state index < -0.39 is 0 Å². The summed E-state index contributed by atoms with van der Waals surface area (Å²) in [5, 5.41) is 0. The fraction of sp³-hybridized carbons (Fsp3) is 1.00. The number of hydrogen-bond donors (Lipinski definition) is 1. The molecule has 0 radical (unpaired) electrons. The van der Waals surface area contributed by atoms with Gasteiger partial charge >= 0.3 is 0 Å². The Morgan fingerprint density at radius 2 is 2.30 bits per heavy atom. The number of rotatable bonds is 6. The molecule has 0 aromatic carbocycles. The molecule has 1 aliphatic rings. The van der Waals surface area contributed by atoms with E-state index in [0.29, 0.717) is 0 Å². The molecule has 0 amide bonds. The molecule has 2 heteroatoms. The Morgan fingerprint density at radius 3 is 2.90 bits per heavy atom. The number of hydroxylamine groups is 1. The average molecular weight is 143 g/mol. The van der Waals surface area contributed by atoms with E-state index in [2.05, 4.69) is 5.48 Å². The zero-order valence-corrected chi connectivity index (χ0v) is 6.73. The van der Waals surface area contributed by atoms with Gasteiger partial charge in [0.1, 0.15) is 0 Å². The molecule has 0 atom stereocenters. The summed E-state index contributed by atoms with van der Waals surface area (Å²) in [5.74, 6) is 1.06. The molecule has 1 saturated carbocycles. The maximum atomic E-state index is 4.99. The highest BCUT2D eigenvalue weighted by molar-refractivity contribution is 4.72. The minimum Gasteiger partial charge on any atom is -0.302 e. The topological polar surface area (TPSA) is 21.3 Å². The fourth-order valence-corrected chi connectivity index (χ4v) is 1.04. The molecule has 1 aliphatic carbocycles. The Balaban J connectivity index is 1.68. The lowest BCUT2D eigenvalue weighted by Crippen LogP contribution is -2.15. The van der Waals surface area contributed by atoms with Gasteiger partial charge in [0.05, 0.1) is 6.61 Å². The van der Waals surface area contributed by atoms with Gasteiger partial charge in [-0.25, -0.2) is 5.48 Å². The third-order valence-corrected chi connectivity index (χ3v) is 1.83. The van der Waals surface area contributed by atoms with Crippen LogP contribution in [0.5, 0.6) is 0 Å². The van der Waals surface area contributed by atoms with Crippen molar-refractivity contribution in [3.05, 3.63) is 0 Å². The maximum Gasteiger partial charge on any atom is 0.0653 e. The second-order valence-corrected chi connectivity index (χ2v) is 2.91. The Hall–Kier alpha value is -0.0800. The summed E-state index contributed by atoms with van der Waals surface area (Å²) in [6, 6.07) is 0. The van der Waals surface area contributed by atoms with Crippen molar-refractivity contribution in [2.24, 2.45) is 5.92 Å². The first-order valence-electron chi connectivity index (χ1n) is 4.28. The molecular formula is C8H17NO. The van der Waals surface area contributed by atoms with E-state index in [0.717, 1.165) is 19.1 Å². The van der Waals surface area contributed by atoms with Crippen LogP contribution in [0.3, 0.4) is 0 Å². The van der Waals surface area contributed by atoms with E-state index in [4.69, 9.17) is 4.84 Å². The van der Waals surface area contributed by atoms with Gasteiger partial charge in [-0.05, 0) is 25.7 Å². The van der Waals surface area contributed by atoms with Crippen molar-refractivity contribution in [3.63, 3.8) is 0 Å². The Morgan fingerprint density at radius 1 is 1.50 bits per heavy atom. The van der Waals surface area contributed by atoms with Crippen LogP contribution in [0, 0.1) is 5.92 Å². The zero-order chi connectivity index (χ0) is 7.23. The van der Waals surface area contributed by atoms with Crippen molar-refractivity contribution in [1.29, 1.82) is 0 Å². The first-order chi connectivity index (χ1) is 4.93. The third-order valence-electron chi connectivity index (χ3n) is 1.83. The summed E-state index contributed by atoms with van der Waals surface area (Å²) in [7, 11) is 0. The lowest BCUT2D eigenvalue weighted by Gasteiger charge is -2.01. The number of hydrogen-bond acceptors (Lipinski definition) is 2. The molecule has 0 unspecified atom stereocenters. The van der Waals surface area contributed by atoms with Crippen LogP contribution >= 0.6 is 0 Å². The summed E-state index contributed by atoms with van der Waals surface area (Å²) < 4.78 is 0. The molecule has 60 valence electrons. The van der Waals surface area contributed by atoms with Crippen LogP contribution in [-0.2, 0) is 4.84 Å². The van der Waals surface area contributed by atoms with Crippen LogP contribution in [-0.4, -0.2) is 13.2 Å². The monoisotopic (exact) mass is 143 g/mol. The molecule has 0 aromatic rings. The quantitative estimate of drug-likeness (QED) is 0.451. The van der Waals surface area contributed by atoms with Crippen molar-refractivity contribution in [1.82, 2.24) is 5.48 Å².